The lowest BCUT2D eigenvalue weighted by molar-refractivity contribution is -0.144. The molecule has 0 N–H and O–H groups in total. The third-order valence-electron chi connectivity index (χ3n) is 1.63. The number of ether oxygens (including phenoxy) is 2. The molecule has 0 amide bonds. The zero-order chi connectivity index (χ0) is 11.1. The van der Waals surface area contributed by atoms with Gasteiger partial charge in [0.2, 0.25) is 0 Å². The molecule has 0 fully saturated rings. The number of carbonyl (C=O) groups is 1. The smallest absolute Gasteiger partial charge is 0.343 e. The molecular weight excluding hydrogens is 260 g/mol. The minimum absolute atomic E-state index is 0.0944. The molecule has 15 heavy (non-hydrogen) atoms. The maximum Gasteiger partial charge on any atom is 0.343 e. The summed E-state index contributed by atoms with van der Waals surface area (Å²) in [6, 6.07) is 0. The molecule has 4 heteroatoms. The van der Waals surface area contributed by atoms with Crippen LogP contribution in [0.4, 0.5) is 0 Å². The van der Waals surface area contributed by atoms with E-state index in [0.717, 1.165) is 4.48 Å². The van der Waals surface area contributed by atoms with Crippen molar-refractivity contribution in [3.8, 4) is 0 Å². The van der Waals surface area contributed by atoms with E-state index in [1.54, 1.807) is 6.08 Å². The molecule has 0 radical (unpaired) electrons. The average molecular weight is 271 g/mol. The normalized spacial score (nSPS) is 26.0. The van der Waals surface area contributed by atoms with Crippen molar-refractivity contribution in [3.63, 3.8) is 0 Å². The first-order valence-corrected chi connectivity index (χ1v) is 5.14. The summed E-state index contributed by atoms with van der Waals surface area (Å²) in [5, 5.41) is 0. The lowest BCUT2D eigenvalue weighted by Crippen LogP contribution is -2.10. The molecular formula is C11H11BrO3. The molecule has 0 heterocycles. The van der Waals surface area contributed by atoms with E-state index in [0.29, 0.717) is 5.76 Å². The number of hydrogen-bond donors (Lipinski definition) is 0. The van der Waals surface area contributed by atoms with Crippen LogP contribution in [0.3, 0.4) is 0 Å². The van der Waals surface area contributed by atoms with Gasteiger partial charge in [-0.25, -0.2) is 4.79 Å². The van der Waals surface area contributed by atoms with Gasteiger partial charge in [0.15, 0.2) is 6.61 Å². The number of rotatable bonds is 3. The first-order valence-electron chi connectivity index (χ1n) is 4.35. The van der Waals surface area contributed by atoms with Gasteiger partial charge < -0.3 is 9.47 Å². The van der Waals surface area contributed by atoms with E-state index in [9.17, 15) is 4.79 Å². The molecule has 0 unspecified atom stereocenters. The van der Waals surface area contributed by atoms with Crippen molar-refractivity contribution < 1.29 is 14.3 Å². The van der Waals surface area contributed by atoms with Crippen molar-refractivity contribution in [3.05, 3.63) is 46.7 Å². The second kappa shape index (κ2) is 6.24. The Morgan fingerprint density at radius 3 is 2.60 bits per heavy atom. The average Bonchev–Trinajstić information content (AvgIpc) is 2.22. The molecule has 80 valence electrons. The summed E-state index contributed by atoms with van der Waals surface area (Å²) in [4.78, 5) is 10.9. The van der Waals surface area contributed by atoms with Crippen molar-refractivity contribution in [2.45, 2.75) is 0 Å². The lowest BCUT2D eigenvalue weighted by Gasteiger charge is -2.08. The Balaban J connectivity index is 2.63. The van der Waals surface area contributed by atoms with Gasteiger partial charge in [-0.2, -0.15) is 0 Å². The summed E-state index contributed by atoms with van der Waals surface area (Å²) in [6.07, 6.45) is 11.1. The predicted octanol–water partition coefficient (Wildman–Crippen LogP) is 2.46. The fraction of sp³-hybridized carbons (Fsp3) is 0.182. The standard InChI is InChI=1S/C11H11BrO3/c1-14-11(13)8-15-10-7-5-3-2-4-6-9(10)12/h2-7H,8H2,1H3/b3-2?,4-2+,5-3-,6-4?,7-5?,9-6-,10-7+,10-9?. The van der Waals surface area contributed by atoms with E-state index in [2.05, 4.69) is 20.7 Å². The number of carbonyl (C=O) groups excluding carboxylic acids is 1. The van der Waals surface area contributed by atoms with E-state index in [-0.39, 0.29) is 6.61 Å². The maximum atomic E-state index is 10.9. The zero-order valence-corrected chi connectivity index (χ0v) is 9.86. The summed E-state index contributed by atoms with van der Waals surface area (Å²) in [7, 11) is 1.33. The van der Waals surface area contributed by atoms with Crippen molar-refractivity contribution in [1.29, 1.82) is 0 Å². The molecule has 0 aliphatic heterocycles. The maximum absolute atomic E-state index is 10.9. The number of hydrogen-bond acceptors (Lipinski definition) is 3. The lowest BCUT2D eigenvalue weighted by atomic mass is 10.3. The van der Waals surface area contributed by atoms with Crippen LogP contribution in [-0.4, -0.2) is 19.7 Å². The quantitative estimate of drug-likeness (QED) is 0.740. The molecule has 1 rings (SSSR count). The Bertz CT molecular complexity index is 351. The van der Waals surface area contributed by atoms with Gasteiger partial charge in [-0.05, 0) is 28.1 Å². The van der Waals surface area contributed by atoms with E-state index in [4.69, 9.17) is 4.74 Å². The largest absolute Gasteiger partial charge is 0.481 e. The molecule has 0 aromatic carbocycles. The highest BCUT2D eigenvalue weighted by Gasteiger charge is 2.06. The van der Waals surface area contributed by atoms with Gasteiger partial charge in [0, 0.05) is 0 Å². The summed E-state index contributed by atoms with van der Waals surface area (Å²) in [5.74, 6) is 0.193. The second-order valence-corrected chi connectivity index (χ2v) is 3.53. The van der Waals surface area contributed by atoms with Gasteiger partial charge in [-0.3, -0.25) is 0 Å². The molecule has 0 aromatic heterocycles. The van der Waals surface area contributed by atoms with E-state index in [1.807, 2.05) is 30.4 Å². The molecule has 0 aromatic rings. The SMILES string of the molecule is COC(=O)COC1=C/C=C\C=C\C=C\1Br. The fourth-order valence-electron chi connectivity index (χ4n) is 0.886. The topological polar surface area (TPSA) is 35.5 Å². The molecule has 0 saturated heterocycles. The van der Waals surface area contributed by atoms with Crippen LogP contribution in [0.2, 0.25) is 0 Å². The van der Waals surface area contributed by atoms with Crippen LogP contribution in [-0.2, 0) is 14.3 Å². The number of allylic oxidation sites excluding steroid dienone is 7. The minimum Gasteiger partial charge on any atom is -0.481 e. The van der Waals surface area contributed by atoms with Crippen molar-refractivity contribution >= 4 is 21.9 Å². The van der Waals surface area contributed by atoms with E-state index < -0.39 is 5.97 Å². The zero-order valence-electron chi connectivity index (χ0n) is 8.27. The van der Waals surface area contributed by atoms with Gasteiger partial charge in [0.05, 0.1) is 11.6 Å². The summed E-state index contributed by atoms with van der Waals surface area (Å²) < 4.78 is 10.5. The van der Waals surface area contributed by atoms with Crippen LogP contribution < -0.4 is 0 Å². The molecule has 1 aliphatic rings. The van der Waals surface area contributed by atoms with Crippen LogP contribution in [0, 0.1) is 0 Å². The van der Waals surface area contributed by atoms with E-state index >= 15 is 0 Å². The van der Waals surface area contributed by atoms with Crippen LogP contribution in [0.5, 0.6) is 0 Å². The predicted molar refractivity (Wildman–Crippen MR) is 61.3 cm³/mol. The van der Waals surface area contributed by atoms with Crippen LogP contribution in [0.1, 0.15) is 0 Å². The van der Waals surface area contributed by atoms with Gasteiger partial charge in [-0.15, -0.1) is 0 Å². The van der Waals surface area contributed by atoms with Gasteiger partial charge >= 0.3 is 5.97 Å². The highest BCUT2D eigenvalue weighted by molar-refractivity contribution is 9.11. The molecule has 0 atom stereocenters. The summed E-state index contributed by atoms with van der Waals surface area (Å²) in [5.41, 5.74) is 0. The molecule has 0 saturated carbocycles. The Kier molecular flexibility index (Phi) is 4.90. The molecule has 3 nitrogen and oxygen atoms in total. The Morgan fingerprint density at radius 1 is 1.27 bits per heavy atom. The second-order valence-electron chi connectivity index (χ2n) is 2.68. The Morgan fingerprint density at radius 2 is 1.93 bits per heavy atom. The van der Waals surface area contributed by atoms with Gasteiger partial charge in [-0.1, -0.05) is 24.3 Å². The number of methoxy groups -OCH3 is 1. The van der Waals surface area contributed by atoms with Crippen molar-refractivity contribution in [2.75, 3.05) is 13.7 Å². The number of esters is 1. The molecule has 0 spiro atoms. The Labute approximate surface area is 96.9 Å². The first-order chi connectivity index (χ1) is 7.24. The highest BCUT2D eigenvalue weighted by Crippen LogP contribution is 2.19. The summed E-state index contributed by atoms with van der Waals surface area (Å²) in [6.45, 7) is -0.0944. The first kappa shape index (κ1) is 11.8. The molecule has 1 aliphatic carbocycles. The van der Waals surface area contributed by atoms with Crippen molar-refractivity contribution in [2.24, 2.45) is 0 Å². The van der Waals surface area contributed by atoms with Crippen LogP contribution in [0.15, 0.2) is 46.7 Å². The fourth-order valence-corrected chi connectivity index (χ4v) is 1.28. The van der Waals surface area contributed by atoms with Gasteiger partial charge in [0.25, 0.3) is 0 Å². The molecule has 0 bridgehead atoms. The minimum atomic E-state index is -0.405. The van der Waals surface area contributed by atoms with E-state index in [1.165, 1.54) is 7.11 Å². The van der Waals surface area contributed by atoms with Crippen molar-refractivity contribution in [1.82, 2.24) is 0 Å². The van der Waals surface area contributed by atoms with Gasteiger partial charge in [0.1, 0.15) is 5.76 Å². The third-order valence-corrected chi connectivity index (χ3v) is 2.29. The Hall–Kier alpha value is -1.29. The highest BCUT2D eigenvalue weighted by atomic mass is 79.9. The van der Waals surface area contributed by atoms with Crippen LogP contribution >= 0.6 is 15.9 Å². The monoisotopic (exact) mass is 270 g/mol. The third kappa shape index (κ3) is 4.16. The van der Waals surface area contributed by atoms with Crippen LogP contribution in [0.25, 0.3) is 0 Å². The number of halogens is 1. The summed E-state index contributed by atoms with van der Waals surface area (Å²) >= 11 is 3.34.